The third-order valence-electron chi connectivity index (χ3n) is 5.18. The lowest BCUT2D eigenvalue weighted by Gasteiger charge is -2.39. The van der Waals surface area contributed by atoms with E-state index in [-0.39, 0.29) is 5.92 Å². The molecular formula is C17H27N5O. The predicted molar refractivity (Wildman–Crippen MR) is 91.7 cm³/mol. The smallest absolute Gasteiger partial charge is 0.227 e. The van der Waals surface area contributed by atoms with Gasteiger partial charge < -0.3 is 14.7 Å². The van der Waals surface area contributed by atoms with Crippen molar-refractivity contribution in [2.45, 2.75) is 38.1 Å². The van der Waals surface area contributed by atoms with Crippen molar-refractivity contribution in [3.05, 3.63) is 12.3 Å². The van der Waals surface area contributed by atoms with Crippen LogP contribution in [0.15, 0.2) is 12.3 Å². The number of nitrogens with zero attached hydrogens (tertiary/aromatic N) is 5. The molecule has 6 heteroatoms. The standard InChI is InChI=1S/C17H27N5O/c1-20(2)15-7-10-18-17(19-15)22-11-8-14(9-12-22)21(3)16(23)13-5-4-6-13/h7,10,13-14H,4-6,8-9,11-12H2,1-3H3. The second-order valence-electron chi connectivity index (χ2n) is 6.90. The minimum Gasteiger partial charge on any atom is -0.363 e. The summed E-state index contributed by atoms with van der Waals surface area (Å²) in [7, 11) is 5.95. The molecule has 23 heavy (non-hydrogen) atoms. The number of carbonyl (C=O) groups is 1. The quantitative estimate of drug-likeness (QED) is 0.847. The van der Waals surface area contributed by atoms with Crippen LogP contribution in [0.1, 0.15) is 32.1 Å². The van der Waals surface area contributed by atoms with Gasteiger partial charge >= 0.3 is 0 Å². The molecule has 1 amide bonds. The molecule has 1 aromatic heterocycles. The van der Waals surface area contributed by atoms with Crippen LogP contribution in [0, 0.1) is 5.92 Å². The molecule has 0 unspecified atom stereocenters. The van der Waals surface area contributed by atoms with Crippen LogP contribution in [0.4, 0.5) is 11.8 Å². The number of rotatable bonds is 4. The van der Waals surface area contributed by atoms with Crippen molar-refractivity contribution in [1.82, 2.24) is 14.9 Å². The zero-order chi connectivity index (χ0) is 16.4. The minimum atomic E-state index is 0.290. The van der Waals surface area contributed by atoms with Crippen LogP contribution in [0.5, 0.6) is 0 Å². The van der Waals surface area contributed by atoms with E-state index in [4.69, 9.17) is 0 Å². The first-order chi connectivity index (χ1) is 11.1. The van der Waals surface area contributed by atoms with Gasteiger partial charge in [-0.25, -0.2) is 4.98 Å². The topological polar surface area (TPSA) is 52.6 Å². The van der Waals surface area contributed by atoms with Gasteiger partial charge in [0, 0.05) is 52.4 Å². The predicted octanol–water partition coefficient (Wildman–Crippen LogP) is 1.77. The van der Waals surface area contributed by atoms with E-state index in [9.17, 15) is 4.79 Å². The number of anilines is 2. The van der Waals surface area contributed by atoms with Gasteiger partial charge in [0.15, 0.2) is 0 Å². The zero-order valence-corrected chi connectivity index (χ0v) is 14.4. The van der Waals surface area contributed by atoms with Crippen molar-refractivity contribution in [2.24, 2.45) is 5.92 Å². The normalized spacial score (nSPS) is 19.3. The largest absolute Gasteiger partial charge is 0.363 e. The highest BCUT2D eigenvalue weighted by molar-refractivity contribution is 5.79. The third-order valence-corrected chi connectivity index (χ3v) is 5.18. The highest BCUT2D eigenvalue weighted by Crippen LogP contribution is 2.30. The Kier molecular flexibility index (Phi) is 4.68. The Morgan fingerprint density at radius 1 is 1.17 bits per heavy atom. The third kappa shape index (κ3) is 3.41. The molecule has 126 valence electrons. The van der Waals surface area contributed by atoms with E-state index in [0.29, 0.717) is 11.9 Å². The summed E-state index contributed by atoms with van der Waals surface area (Å²) in [5, 5.41) is 0. The van der Waals surface area contributed by atoms with Crippen molar-refractivity contribution in [2.75, 3.05) is 44.0 Å². The van der Waals surface area contributed by atoms with Crippen LogP contribution < -0.4 is 9.80 Å². The monoisotopic (exact) mass is 317 g/mol. The maximum Gasteiger partial charge on any atom is 0.227 e. The second kappa shape index (κ2) is 6.72. The highest BCUT2D eigenvalue weighted by Gasteiger charge is 2.32. The van der Waals surface area contributed by atoms with Crippen LogP contribution >= 0.6 is 0 Å². The van der Waals surface area contributed by atoms with E-state index in [1.165, 1.54) is 6.42 Å². The van der Waals surface area contributed by atoms with E-state index in [1.807, 2.05) is 43.2 Å². The first-order valence-electron chi connectivity index (χ1n) is 8.58. The van der Waals surface area contributed by atoms with Gasteiger partial charge in [-0.15, -0.1) is 0 Å². The molecule has 1 aromatic rings. The van der Waals surface area contributed by atoms with Gasteiger partial charge in [-0.2, -0.15) is 4.98 Å². The maximum atomic E-state index is 12.4. The van der Waals surface area contributed by atoms with Gasteiger partial charge in [0.2, 0.25) is 11.9 Å². The van der Waals surface area contributed by atoms with E-state index in [1.54, 1.807) is 0 Å². The summed E-state index contributed by atoms with van der Waals surface area (Å²) >= 11 is 0. The fourth-order valence-corrected chi connectivity index (χ4v) is 3.32. The zero-order valence-electron chi connectivity index (χ0n) is 14.4. The number of aromatic nitrogens is 2. The summed E-state index contributed by atoms with van der Waals surface area (Å²) in [6.07, 6.45) is 7.16. The molecular weight excluding hydrogens is 290 g/mol. The Morgan fingerprint density at radius 2 is 1.87 bits per heavy atom. The lowest BCUT2D eigenvalue weighted by Crippen LogP contribution is -2.48. The van der Waals surface area contributed by atoms with Gasteiger partial charge in [-0.1, -0.05) is 6.42 Å². The second-order valence-corrected chi connectivity index (χ2v) is 6.90. The Bertz CT molecular complexity index is 550. The Hall–Kier alpha value is -1.85. The average Bonchev–Trinajstić information content (AvgIpc) is 2.52. The lowest BCUT2D eigenvalue weighted by molar-refractivity contribution is -0.139. The van der Waals surface area contributed by atoms with Gasteiger partial charge in [-0.3, -0.25) is 4.79 Å². The van der Waals surface area contributed by atoms with Crippen LogP contribution in [0.2, 0.25) is 0 Å². The summed E-state index contributed by atoms with van der Waals surface area (Å²) in [5.74, 6) is 2.36. The highest BCUT2D eigenvalue weighted by atomic mass is 16.2. The Labute approximate surface area is 138 Å². The van der Waals surface area contributed by atoms with Crippen LogP contribution in [-0.2, 0) is 4.79 Å². The summed E-state index contributed by atoms with van der Waals surface area (Å²) in [6, 6.07) is 2.28. The van der Waals surface area contributed by atoms with Crippen molar-refractivity contribution >= 4 is 17.7 Å². The van der Waals surface area contributed by atoms with E-state index in [0.717, 1.165) is 50.5 Å². The first-order valence-corrected chi connectivity index (χ1v) is 8.58. The van der Waals surface area contributed by atoms with Crippen molar-refractivity contribution < 1.29 is 4.79 Å². The number of amides is 1. The van der Waals surface area contributed by atoms with Gasteiger partial charge in [-0.05, 0) is 31.7 Å². The maximum absolute atomic E-state index is 12.4. The van der Waals surface area contributed by atoms with Crippen molar-refractivity contribution in [3.8, 4) is 0 Å². The molecule has 1 aliphatic heterocycles. The van der Waals surface area contributed by atoms with Crippen LogP contribution in [-0.4, -0.2) is 61.0 Å². The Balaban J connectivity index is 1.57. The summed E-state index contributed by atoms with van der Waals surface area (Å²) in [6.45, 7) is 1.81. The number of hydrogen-bond donors (Lipinski definition) is 0. The molecule has 1 saturated heterocycles. The van der Waals surface area contributed by atoms with Crippen molar-refractivity contribution in [1.29, 1.82) is 0 Å². The number of carbonyl (C=O) groups excluding carboxylic acids is 1. The molecule has 0 spiro atoms. The molecule has 2 heterocycles. The molecule has 1 aliphatic carbocycles. The van der Waals surface area contributed by atoms with E-state index >= 15 is 0 Å². The Morgan fingerprint density at radius 3 is 2.43 bits per heavy atom. The van der Waals surface area contributed by atoms with Crippen molar-refractivity contribution in [3.63, 3.8) is 0 Å². The first kappa shape index (κ1) is 16.0. The van der Waals surface area contributed by atoms with Crippen LogP contribution in [0.3, 0.4) is 0 Å². The molecule has 6 nitrogen and oxygen atoms in total. The van der Waals surface area contributed by atoms with E-state index in [2.05, 4.69) is 14.9 Å². The summed E-state index contributed by atoms with van der Waals surface area (Å²) in [4.78, 5) is 27.6. The molecule has 0 aromatic carbocycles. The molecule has 0 radical (unpaired) electrons. The number of hydrogen-bond acceptors (Lipinski definition) is 5. The molecule has 0 atom stereocenters. The summed E-state index contributed by atoms with van der Waals surface area (Å²) < 4.78 is 0. The lowest BCUT2D eigenvalue weighted by atomic mass is 9.84. The minimum absolute atomic E-state index is 0.290. The molecule has 0 bridgehead atoms. The summed E-state index contributed by atoms with van der Waals surface area (Å²) in [5.41, 5.74) is 0. The van der Waals surface area contributed by atoms with E-state index < -0.39 is 0 Å². The van der Waals surface area contributed by atoms with Gasteiger partial charge in [0.05, 0.1) is 0 Å². The fourth-order valence-electron chi connectivity index (χ4n) is 3.32. The van der Waals surface area contributed by atoms with Gasteiger partial charge in [0.25, 0.3) is 0 Å². The number of piperidine rings is 1. The SMILES string of the molecule is CN(C)c1ccnc(N2CCC(N(C)C(=O)C3CCC3)CC2)n1. The average molecular weight is 317 g/mol. The molecule has 2 aliphatic rings. The molecule has 2 fully saturated rings. The fraction of sp³-hybridized carbons (Fsp3) is 0.706. The van der Waals surface area contributed by atoms with Gasteiger partial charge in [0.1, 0.15) is 5.82 Å². The molecule has 3 rings (SSSR count). The molecule has 0 N–H and O–H groups in total. The molecule has 1 saturated carbocycles. The van der Waals surface area contributed by atoms with Crippen LogP contribution in [0.25, 0.3) is 0 Å².